The molecule has 0 aliphatic rings. The van der Waals surface area contributed by atoms with Gasteiger partial charge in [-0.15, -0.1) is 0 Å². The minimum Gasteiger partial charge on any atom is -0.444 e. The van der Waals surface area contributed by atoms with Crippen molar-refractivity contribution in [2.75, 3.05) is 25.0 Å². The van der Waals surface area contributed by atoms with Crippen molar-refractivity contribution in [3.63, 3.8) is 0 Å². The number of hydrogen-bond acceptors (Lipinski definition) is 4. The minimum atomic E-state index is -0.516. The summed E-state index contributed by atoms with van der Waals surface area (Å²) in [6.07, 6.45) is 5.16. The van der Waals surface area contributed by atoms with E-state index in [-0.39, 0.29) is 0 Å². The molecule has 8 nitrogen and oxygen atoms in total. The molecule has 0 fully saturated rings. The van der Waals surface area contributed by atoms with E-state index >= 15 is 0 Å². The van der Waals surface area contributed by atoms with Crippen molar-refractivity contribution < 1.29 is 9.53 Å². The molecule has 0 aliphatic heterocycles. The van der Waals surface area contributed by atoms with E-state index in [0.29, 0.717) is 12.2 Å². The first-order valence-corrected chi connectivity index (χ1v) is 10.3. The zero-order valence-corrected chi connectivity index (χ0v) is 18.7. The van der Waals surface area contributed by atoms with Crippen LogP contribution < -0.4 is 16.0 Å². The largest absolute Gasteiger partial charge is 0.444 e. The number of aryl methyl sites for hydroxylation is 1. The molecule has 0 unspecified atom stereocenters. The molecular formula is C22H34N6O2. The molecule has 3 N–H and O–H groups in total. The van der Waals surface area contributed by atoms with E-state index in [4.69, 9.17) is 4.74 Å². The maximum Gasteiger partial charge on any atom is 0.412 e. The van der Waals surface area contributed by atoms with Gasteiger partial charge in [-0.25, -0.2) is 4.79 Å². The number of nitrogens with zero attached hydrogens (tertiary/aromatic N) is 3. The molecule has 0 aliphatic carbocycles. The minimum absolute atomic E-state index is 0.451. The topological polar surface area (TPSA) is 92.6 Å². The van der Waals surface area contributed by atoms with E-state index in [1.165, 1.54) is 5.56 Å². The molecule has 0 radical (unpaired) electrons. The molecule has 0 saturated heterocycles. The number of aliphatic imine (C=N–C) groups is 1. The number of aromatic nitrogens is 2. The Hall–Kier alpha value is -3.03. The predicted octanol–water partition coefficient (Wildman–Crippen LogP) is 3.11. The third kappa shape index (κ3) is 8.98. The number of ether oxygens (including phenoxy) is 1. The average Bonchev–Trinajstić information content (AvgIpc) is 3.07. The quantitative estimate of drug-likeness (QED) is 0.456. The summed E-state index contributed by atoms with van der Waals surface area (Å²) >= 11 is 0. The number of benzene rings is 1. The van der Waals surface area contributed by atoms with Gasteiger partial charge in [-0.05, 0) is 63.8 Å². The van der Waals surface area contributed by atoms with Crippen LogP contribution in [0.15, 0.2) is 41.7 Å². The molecule has 0 bridgehead atoms. The number of nitrogens with one attached hydrogen (secondary N) is 3. The Morgan fingerprint density at radius 1 is 1.13 bits per heavy atom. The molecule has 1 aromatic carbocycles. The normalized spacial score (nSPS) is 11.8. The van der Waals surface area contributed by atoms with Crippen LogP contribution in [0.2, 0.25) is 0 Å². The second kappa shape index (κ2) is 11.2. The highest BCUT2D eigenvalue weighted by Crippen LogP contribution is 2.13. The van der Waals surface area contributed by atoms with Gasteiger partial charge in [0.2, 0.25) is 0 Å². The predicted molar refractivity (Wildman–Crippen MR) is 121 cm³/mol. The molecule has 1 amide bonds. The molecule has 0 atom stereocenters. The van der Waals surface area contributed by atoms with Crippen molar-refractivity contribution in [3.05, 3.63) is 47.8 Å². The molecule has 164 valence electrons. The third-order valence-electron chi connectivity index (χ3n) is 4.08. The monoisotopic (exact) mass is 414 g/mol. The zero-order valence-electron chi connectivity index (χ0n) is 18.7. The summed E-state index contributed by atoms with van der Waals surface area (Å²) < 4.78 is 7.07. The highest BCUT2D eigenvalue weighted by molar-refractivity contribution is 5.84. The van der Waals surface area contributed by atoms with Gasteiger partial charge in [-0.3, -0.25) is 15.0 Å². The van der Waals surface area contributed by atoms with Crippen LogP contribution in [0, 0.1) is 0 Å². The van der Waals surface area contributed by atoms with Crippen molar-refractivity contribution in [1.29, 1.82) is 0 Å². The van der Waals surface area contributed by atoms with Gasteiger partial charge in [0.15, 0.2) is 5.96 Å². The molecule has 2 rings (SSSR count). The Labute approximate surface area is 179 Å². The molecule has 8 heteroatoms. The summed E-state index contributed by atoms with van der Waals surface area (Å²) in [4.78, 5) is 16.5. The van der Waals surface area contributed by atoms with E-state index < -0.39 is 11.7 Å². The van der Waals surface area contributed by atoms with Crippen LogP contribution in [0.1, 0.15) is 38.8 Å². The van der Waals surface area contributed by atoms with Gasteiger partial charge in [-0.2, -0.15) is 5.10 Å². The lowest BCUT2D eigenvalue weighted by atomic mass is 10.1. The Bertz CT molecular complexity index is 821. The van der Waals surface area contributed by atoms with Gasteiger partial charge in [0.25, 0.3) is 0 Å². The van der Waals surface area contributed by atoms with Gasteiger partial charge < -0.3 is 15.4 Å². The first-order chi connectivity index (χ1) is 14.2. The van der Waals surface area contributed by atoms with E-state index in [0.717, 1.165) is 37.5 Å². The molecule has 1 aromatic heterocycles. The molecule has 30 heavy (non-hydrogen) atoms. The fourth-order valence-corrected chi connectivity index (χ4v) is 2.74. The van der Waals surface area contributed by atoms with Crippen molar-refractivity contribution in [2.45, 2.75) is 46.1 Å². The van der Waals surface area contributed by atoms with Gasteiger partial charge in [0, 0.05) is 38.6 Å². The number of guanidine groups is 1. The second-order valence-electron chi connectivity index (χ2n) is 8.03. The second-order valence-corrected chi connectivity index (χ2v) is 8.03. The van der Waals surface area contributed by atoms with Crippen LogP contribution >= 0.6 is 0 Å². The fraction of sp³-hybridized carbons (Fsp3) is 0.500. The fourth-order valence-electron chi connectivity index (χ4n) is 2.74. The first kappa shape index (κ1) is 23.3. The molecule has 0 saturated carbocycles. The van der Waals surface area contributed by atoms with Gasteiger partial charge >= 0.3 is 6.09 Å². The summed E-state index contributed by atoms with van der Waals surface area (Å²) in [5, 5.41) is 13.5. The number of amides is 1. The number of hydrogen-bond donors (Lipinski definition) is 3. The maximum absolute atomic E-state index is 11.8. The zero-order chi connectivity index (χ0) is 22.0. The smallest absolute Gasteiger partial charge is 0.412 e. The number of carbonyl (C=O) groups excluding carboxylic acids is 1. The Morgan fingerprint density at radius 2 is 1.87 bits per heavy atom. The molecule has 2 aromatic rings. The van der Waals surface area contributed by atoms with Crippen LogP contribution in [-0.2, 0) is 24.6 Å². The van der Waals surface area contributed by atoms with Crippen LogP contribution in [0.3, 0.4) is 0 Å². The van der Waals surface area contributed by atoms with Crippen molar-refractivity contribution in [1.82, 2.24) is 20.4 Å². The van der Waals surface area contributed by atoms with Gasteiger partial charge in [-0.1, -0.05) is 12.1 Å². The highest BCUT2D eigenvalue weighted by atomic mass is 16.6. The summed E-state index contributed by atoms with van der Waals surface area (Å²) in [5.74, 6) is 0.810. The lowest BCUT2D eigenvalue weighted by molar-refractivity contribution is 0.0636. The SMILES string of the molecule is CCNC(=NCCc1ccc(NC(=O)OC(C)(C)C)cc1)NCCc1cnn(C)c1. The maximum atomic E-state index is 11.8. The van der Waals surface area contributed by atoms with Crippen LogP contribution in [-0.4, -0.2) is 47.1 Å². The molecule has 1 heterocycles. The van der Waals surface area contributed by atoms with Gasteiger partial charge in [0.1, 0.15) is 5.60 Å². The van der Waals surface area contributed by atoms with E-state index in [2.05, 4.69) is 33.0 Å². The number of anilines is 1. The molecule has 0 spiro atoms. The standard InChI is InChI=1S/C22H34N6O2/c1-6-23-20(25-14-12-18-15-26-28(5)16-18)24-13-11-17-7-9-19(10-8-17)27-21(29)30-22(2,3)4/h7-10,15-16H,6,11-14H2,1-5H3,(H,27,29)(H2,23,24,25). The molecular weight excluding hydrogens is 380 g/mol. The third-order valence-corrected chi connectivity index (χ3v) is 4.08. The van der Waals surface area contributed by atoms with E-state index in [1.54, 1.807) is 0 Å². The van der Waals surface area contributed by atoms with Crippen LogP contribution in [0.4, 0.5) is 10.5 Å². The summed E-state index contributed by atoms with van der Waals surface area (Å²) in [5.41, 5.74) is 2.54. The number of carbonyl (C=O) groups is 1. The number of rotatable bonds is 8. The van der Waals surface area contributed by atoms with Crippen molar-refractivity contribution >= 4 is 17.7 Å². The van der Waals surface area contributed by atoms with Crippen molar-refractivity contribution in [3.8, 4) is 0 Å². The van der Waals surface area contributed by atoms with Crippen molar-refractivity contribution in [2.24, 2.45) is 12.0 Å². The van der Waals surface area contributed by atoms with E-state index in [9.17, 15) is 4.79 Å². The van der Waals surface area contributed by atoms with Crippen LogP contribution in [0.5, 0.6) is 0 Å². The Morgan fingerprint density at radius 3 is 2.47 bits per heavy atom. The Kier molecular flexibility index (Phi) is 8.70. The average molecular weight is 415 g/mol. The Balaban J connectivity index is 1.78. The lowest BCUT2D eigenvalue weighted by Crippen LogP contribution is -2.38. The summed E-state index contributed by atoms with van der Waals surface area (Å²) in [6, 6.07) is 7.73. The summed E-state index contributed by atoms with van der Waals surface area (Å²) in [7, 11) is 1.92. The first-order valence-electron chi connectivity index (χ1n) is 10.3. The highest BCUT2D eigenvalue weighted by Gasteiger charge is 2.16. The lowest BCUT2D eigenvalue weighted by Gasteiger charge is -2.19. The summed E-state index contributed by atoms with van der Waals surface area (Å²) in [6.45, 7) is 9.84. The van der Waals surface area contributed by atoms with E-state index in [1.807, 2.05) is 69.2 Å². The van der Waals surface area contributed by atoms with Gasteiger partial charge in [0.05, 0.1) is 6.20 Å². The van der Waals surface area contributed by atoms with Crippen LogP contribution in [0.25, 0.3) is 0 Å².